The number of benzene rings is 1. The van der Waals surface area contributed by atoms with Crippen LogP contribution in [-0.4, -0.2) is 29.3 Å². The molecule has 0 spiro atoms. The average molecular weight is 312 g/mol. The molecule has 0 amide bonds. The first kappa shape index (κ1) is 15.5. The average Bonchev–Trinajstić information content (AvgIpc) is 2.79. The van der Waals surface area contributed by atoms with Crippen molar-refractivity contribution < 1.29 is 12.8 Å². The van der Waals surface area contributed by atoms with E-state index < -0.39 is 20.7 Å². The summed E-state index contributed by atoms with van der Waals surface area (Å²) in [4.78, 5) is 3.63. The third-order valence-electron chi connectivity index (χ3n) is 3.29. The van der Waals surface area contributed by atoms with Crippen LogP contribution < -0.4 is 5.73 Å². The Hall–Kier alpha value is -1.93. The van der Waals surface area contributed by atoms with Gasteiger partial charge in [0.15, 0.2) is 0 Å². The van der Waals surface area contributed by atoms with Crippen molar-refractivity contribution in [2.75, 3.05) is 12.8 Å². The summed E-state index contributed by atoms with van der Waals surface area (Å²) in [6.07, 6.45) is 3.28. The van der Waals surface area contributed by atoms with Crippen LogP contribution in [0.3, 0.4) is 0 Å². The number of sulfonamides is 1. The summed E-state index contributed by atoms with van der Waals surface area (Å²) in [7, 11) is -0.845. The van der Waals surface area contributed by atoms with Gasteiger partial charge in [-0.3, -0.25) is 0 Å². The van der Waals surface area contributed by atoms with E-state index in [0.29, 0.717) is 11.4 Å². The Morgan fingerprint density at radius 1 is 1.43 bits per heavy atom. The Balaban J connectivity index is 2.38. The largest absolute Gasteiger partial charge is 0.398 e. The predicted molar refractivity (Wildman–Crippen MR) is 77.4 cm³/mol. The lowest BCUT2D eigenvalue weighted by molar-refractivity contribution is 0.445. The summed E-state index contributed by atoms with van der Waals surface area (Å²) >= 11 is 0. The molecule has 6 nitrogen and oxygen atoms in total. The van der Waals surface area contributed by atoms with Crippen molar-refractivity contribution in [2.45, 2.75) is 18.4 Å². The zero-order chi connectivity index (χ0) is 15.8. The molecule has 2 N–H and O–H groups in total. The molecule has 0 aliphatic heterocycles. The first-order chi connectivity index (χ1) is 9.73. The molecule has 0 saturated carbocycles. The first-order valence-electron chi connectivity index (χ1n) is 6.21. The molecular weight excluding hydrogens is 295 g/mol. The minimum atomic E-state index is -3.98. The summed E-state index contributed by atoms with van der Waals surface area (Å²) in [5.74, 6) is -0.255. The minimum Gasteiger partial charge on any atom is -0.398 e. The number of hydrogen-bond donors (Lipinski definition) is 1. The van der Waals surface area contributed by atoms with Crippen molar-refractivity contribution in [3.63, 3.8) is 0 Å². The lowest BCUT2D eigenvalue weighted by atomic mass is 10.2. The molecule has 0 aliphatic carbocycles. The first-order valence-corrected chi connectivity index (χ1v) is 7.65. The van der Waals surface area contributed by atoms with Gasteiger partial charge in [0.2, 0.25) is 10.0 Å². The topological polar surface area (TPSA) is 81.2 Å². The molecule has 0 atom stereocenters. The van der Waals surface area contributed by atoms with Crippen molar-refractivity contribution in [1.29, 1.82) is 0 Å². The fourth-order valence-corrected chi connectivity index (χ4v) is 3.07. The van der Waals surface area contributed by atoms with Crippen molar-refractivity contribution >= 4 is 15.7 Å². The highest BCUT2D eigenvalue weighted by molar-refractivity contribution is 7.89. The quantitative estimate of drug-likeness (QED) is 0.862. The van der Waals surface area contributed by atoms with Gasteiger partial charge in [-0.25, -0.2) is 17.8 Å². The van der Waals surface area contributed by atoms with Crippen LogP contribution in [0.2, 0.25) is 0 Å². The summed E-state index contributed by atoms with van der Waals surface area (Å²) in [6, 6.07) is 2.27. The van der Waals surface area contributed by atoms with Gasteiger partial charge < -0.3 is 10.3 Å². The third-order valence-corrected chi connectivity index (χ3v) is 5.11. The Labute approximate surface area is 123 Å². The number of nitrogens with two attached hydrogens (primary N) is 1. The van der Waals surface area contributed by atoms with Crippen molar-refractivity contribution in [2.24, 2.45) is 7.05 Å². The molecule has 1 heterocycles. The van der Waals surface area contributed by atoms with Gasteiger partial charge in [-0.15, -0.1) is 0 Å². The standard InChI is InChI=1S/C13H17FN4O2S/c1-9-6-10(14)12(7-11(9)15)21(19,20)18(3)8-13-16-4-5-17(13)2/h4-7H,8,15H2,1-3H3. The van der Waals surface area contributed by atoms with Gasteiger partial charge in [-0.05, 0) is 24.6 Å². The van der Waals surface area contributed by atoms with Crippen LogP contribution in [0, 0.1) is 12.7 Å². The van der Waals surface area contributed by atoms with Crippen LogP contribution in [0.4, 0.5) is 10.1 Å². The molecule has 0 aliphatic rings. The van der Waals surface area contributed by atoms with Gasteiger partial charge >= 0.3 is 0 Å². The number of nitrogen functional groups attached to an aromatic ring is 1. The number of anilines is 1. The highest BCUT2D eigenvalue weighted by atomic mass is 32.2. The zero-order valence-electron chi connectivity index (χ0n) is 12.0. The number of aryl methyl sites for hydroxylation is 2. The van der Waals surface area contributed by atoms with E-state index in [4.69, 9.17) is 5.73 Å². The fourth-order valence-electron chi connectivity index (χ4n) is 1.87. The Bertz CT molecular complexity index is 770. The third kappa shape index (κ3) is 2.91. The van der Waals surface area contributed by atoms with Gasteiger partial charge in [-0.1, -0.05) is 0 Å². The van der Waals surface area contributed by atoms with E-state index in [1.165, 1.54) is 7.05 Å². The van der Waals surface area contributed by atoms with Gasteiger partial charge in [-0.2, -0.15) is 4.31 Å². The molecule has 8 heteroatoms. The normalized spacial score (nSPS) is 12.0. The van der Waals surface area contributed by atoms with E-state index in [9.17, 15) is 12.8 Å². The maximum absolute atomic E-state index is 14.0. The number of aromatic nitrogens is 2. The molecule has 2 rings (SSSR count). The van der Waals surface area contributed by atoms with E-state index in [0.717, 1.165) is 16.4 Å². The number of hydrogen-bond acceptors (Lipinski definition) is 4. The van der Waals surface area contributed by atoms with Crippen LogP contribution in [-0.2, 0) is 23.6 Å². The molecule has 2 aromatic rings. The Morgan fingerprint density at radius 3 is 2.67 bits per heavy atom. The summed E-state index contributed by atoms with van der Waals surface area (Å²) in [6.45, 7) is 1.66. The molecular formula is C13H17FN4O2S. The molecule has 0 bridgehead atoms. The summed E-state index contributed by atoms with van der Waals surface area (Å²) < 4.78 is 41.6. The SMILES string of the molecule is Cc1cc(F)c(S(=O)(=O)N(C)Cc2nccn2C)cc1N. The second-order valence-corrected chi connectivity index (χ2v) is 6.87. The smallest absolute Gasteiger partial charge is 0.246 e. The zero-order valence-corrected chi connectivity index (χ0v) is 12.9. The van der Waals surface area contributed by atoms with E-state index in [2.05, 4.69) is 4.98 Å². The molecule has 0 saturated heterocycles. The van der Waals surface area contributed by atoms with Crippen LogP contribution in [0.5, 0.6) is 0 Å². The number of rotatable bonds is 4. The van der Waals surface area contributed by atoms with Crippen molar-refractivity contribution in [3.05, 3.63) is 41.7 Å². The van der Waals surface area contributed by atoms with Crippen LogP contribution in [0.25, 0.3) is 0 Å². The fraction of sp³-hybridized carbons (Fsp3) is 0.308. The van der Waals surface area contributed by atoms with E-state index >= 15 is 0 Å². The highest BCUT2D eigenvalue weighted by Gasteiger charge is 2.26. The van der Waals surface area contributed by atoms with Gasteiger partial charge in [0.1, 0.15) is 16.5 Å². The number of imidazole rings is 1. The van der Waals surface area contributed by atoms with Gasteiger partial charge in [0, 0.05) is 32.2 Å². The van der Waals surface area contributed by atoms with Crippen LogP contribution >= 0.6 is 0 Å². The highest BCUT2D eigenvalue weighted by Crippen LogP contribution is 2.24. The number of halogens is 1. The van der Waals surface area contributed by atoms with Crippen molar-refractivity contribution in [1.82, 2.24) is 13.9 Å². The molecule has 0 fully saturated rings. The summed E-state index contributed by atoms with van der Waals surface area (Å²) in [5, 5.41) is 0. The molecule has 0 unspecified atom stereocenters. The lowest BCUT2D eigenvalue weighted by Crippen LogP contribution is -2.28. The van der Waals surface area contributed by atoms with Crippen molar-refractivity contribution in [3.8, 4) is 0 Å². The molecule has 1 aromatic carbocycles. The maximum Gasteiger partial charge on any atom is 0.246 e. The van der Waals surface area contributed by atoms with E-state index in [1.54, 1.807) is 30.9 Å². The van der Waals surface area contributed by atoms with Crippen LogP contribution in [0.15, 0.2) is 29.4 Å². The van der Waals surface area contributed by atoms with Gasteiger partial charge in [0.25, 0.3) is 0 Å². The molecule has 114 valence electrons. The minimum absolute atomic E-state index is 0.0407. The molecule has 0 radical (unpaired) electrons. The summed E-state index contributed by atoms with van der Waals surface area (Å²) in [5.41, 5.74) is 6.42. The Kier molecular flexibility index (Phi) is 4.02. The predicted octanol–water partition coefficient (Wildman–Crippen LogP) is 1.27. The second kappa shape index (κ2) is 5.45. The molecule has 21 heavy (non-hydrogen) atoms. The van der Waals surface area contributed by atoms with Gasteiger partial charge in [0.05, 0.1) is 6.54 Å². The second-order valence-electron chi connectivity index (χ2n) is 4.85. The lowest BCUT2D eigenvalue weighted by Gasteiger charge is -2.18. The monoisotopic (exact) mass is 312 g/mol. The number of nitrogens with zero attached hydrogens (tertiary/aromatic N) is 3. The van der Waals surface area contributed by atoms with E-state index in [1.807, 2.05) is 0 Å². The molecule has 1 aromatic heterocycles. The van der Waals surface area contributed by atoms with E-state index in [-0.39, 0.29) is 12.2 Å². The van der Waals surface area contributed by atoms with Crippen LogP contribution in [0.1, 0.15) is 11.4 Å². The Morgan fingerprint density at radius 2 is 2.10 bits per heavy atom. The maximum atomic E-state index is 14.0.